The Labute approximate surface area is 102 Å². The average molecular weight is 230 g/mol. The molecule has 4 heteroatoms. The molecule has 0 saturated carbocycles. The van der Waals surface area contributed by atoms with Crippen LogP contribution in [0.4, 0.5) is 5.82 Å². The Morgan fingerprint density at radius 1 is 1.65 bits per heavy atom. The molecule has 0 aromatic carbocycles. The lowest BCUT2D eigenvalue weighted by molar-refractivity contribution is 0.346. The van der Waals surface area contributed by atoms with Gasteiger partial charge in [-0.05, 0) is 50.9 Å². The van der Waals surface area contributed by atoms with E-state index in [1.165, 1.54) is 12.8 Å². The lowest BCUT2D eigenvalue weighted by Gasteiger charge is -2.29. The summed E-state index contributed by atoms with van der Waals surface area (Å²) in [6, 6.07) is 6.03. The van der Waals surface area contributed by atoms with Crippen molar-refractivity contribution in [3.8, 4) is 6.07 Å². The third kappa shape index (κ3) is 3.18. The van der Waals surface area contributed by atoms with Crippen molar-refractivity contribution in [1.82, 2.24) is 10.3 Å². The van der Waals surface area contributed by atoms with Gasteiger partial charge in [0.1, 0.15) is 5.82 Å². The molecule has 1 fully saturated rings. The van der Waals surface area contributed by atoms with Gasteiger partial charge in [0.2, 0.25) is 0 Å². The maximum absolute atomic E-state index is 8.83. The van der Waals surface area contributed by atoms with Crippen LogP contribution in [0, 0.1) is 17.2 Å². The van der Waals surface area contributed by atoms with Gasteiger partial charge in [-0.25, -0.2) is 4.98 Å². The zero-order valence-corrected chi connectivity index (χ0v) is 10.1. The summed E-state index contributed by atoms with van der Waals surface area (Å²) in [5, 5.41) is 15.6. The number of piperidine rings is 1. The molecule has 1 aliphatic rings. The molecule has 2 rings (SSSR count). The highest BCUT2D eigenvalue weighted by molar-refractivity contribution is 5.43. The van der Waals surface area contributed by atoms with Crippen LogP contribution < -0.4 is 10.6 Å². The summed E-state index contributed by atoms with van der Waals surface area (Å²) < 4.78 is 0. The highest BCUT2D eigenvalue weighted by atomic mass is 15.0. The lowest BCUT2D eigenvalue weighted by Crippen LogP contribution is -2.38. The predicted molar refractivity (Wildman–Crippen MR) is 67.6 cm³/mol. The van der Waals surface area contributed by atoms with E-state index in [-0.39, 0.29) is 0 Å². The zero-order chi connectivity index (χ0) is 12.1. The Kier molecular flexibility index (Phi) is 3.94. The maximum atomic E-state index is 8.83. The van der Waals surface area contributed by atoms with E-state index in [4.69, 9.17) is 5.26 Å². The smallest absolute Gasteiger partial charge is 0.127 e. The second-order valence-electron chi connectivity index (χ2n) is 4.58. The Morgan fingerprint density at radius 3 is 3.24 bits per heavy atom. The van der Waals surface area contributed by atoms with Crippen molar-refractivity contribution in [2.24, 2.45) is 5.92 Å². The van der Waals surface area contributed by atoms with Gasteiger partial charge in [0.15, 0.2) is 0 Å². The van der Waals surface area contributed by atoms with Crippen molar-refractivity contribution < 1.29 is 0 Å². The van der Waals surface area contributed by atoms with E-state index in [1.807, 2.05) is 0 Å². The van der Waals surface area contributed by atoms with Crippen LogP contribution in [-0.4, -0.2) is 24.1 Å². The minimum Gasteiger partial charge on any atom is -0.367 e. The molecular weight excluding hydrogens is 212 g/mol. The number of anilines is 1. The van der Waals surface area contributed by atoms with Crippen LogP contribution in [0.2, 0.25) is 0 Å². The van der Waals surface area contributed by atoms with Crippen molar-refractivity contribution in [2.75, 3.05) is 18.4 Å². The van der Waals surface area contributed by atoms with Gasteiger partial charge in [-0.2, -0.15) is 5.26 Å². The van der Waals surface area contributed by atoms with Gasteiger partial charge in [0, 0.05) is 12.2 Å². The van der Waals surface area contributed by atoms with E-state index in [0.717, 1.165) is 18.9 Å². The molecule has 0 radical (unpaired) electrons. The lowest BCUT2D eigenvalue weighted by atomic mass is 9.93. The zero-order valence-electron chi connectivity index (χ0n) is 10.1. The monoisotopic (exact) mass is 230 g/mol. The Bertz CT molecular complexity index is 404. The quantitative estimate of drug-likeness (QED) is 0.830. The van der Waals surface area contributed by atoms with Crippen LogP contribution in [-0.2, 0) is 0 Å². The second-order valence-corrected chi connectivity index (χ2v) is 4.58. The van der Waals surface area contributed by atoms with Gasteiger partial charge in [0.25, 0.3) is 0 Å². The van der Waals surface area contributed by atoms with Gasteiger partial charge in [-0.15, -0.1) is 0 Å². The number of nitrogens with zero attached hydrogens (tertiary/aromatic N) is 2. The molecule has 17 heavy (non-hydrogen) atoms. The van der Waals surface area contributed by atoms with Crippen molar-refractivity contribution in [3.05, 3.63) is 23.9 Å². The number of pyridine rings is 1. The first-order chi connectivity index (χ1) is 8.29. The summed E-state index contributed by atoms with van der Waals surface area (Å²) >= 11 is 0. The van der Waals surface area contributed by atoms with Gasteiger partial charge < -0.3 is 10.6 Å². The first kappa shape index (κ1) is 11.9. The fraction of sp³-hybridized carbons (Fsp3) is 0.538. The molecule has 1 aliphatic heterocycles. The largest absolute Gasteiger partial charge is 0.367 e. The van der Waals surface area contributed by atoms with E-state index < -0.39 is 0 Å². The van der Waals surface area contributed by atoms with E-state index in [9.17, 15) is 0 Å². The summed E-state index contributed by atoms with van der Waals surface area (Å²) in [5.41, 5.74) is 0.650. The molecular formula is C13H18N4. The Balaban J connectivity index is 1.97. The van der Waals surface area contributed by atoms with Crippen LogP contribution in [0.3, 0.4) is 0 Å². The van der Waals surface area contributed by atoms with Crippen LogP contribution in [0.5, 0.6) is 0 Å². The highest BCUT2D eigenvalue weighted by Crippen LogP contribution is 2.17. The van der Waals surface area contributed by atoms with Crippen molar-refractivity contribution in [1.29, 1.82) is 5.26 Å². The summed E-state index contributed by atoms with van der Waals surface area (Å²) in [7, 11) is 0. The SMILES string of the molecule is CC(Nc1cc(C#N)ccn1)C1CCCNC1. The summed E-state index contributed by atoms with van der Waals surface area (Å²) in [6.45, 7) is 4.37. The van der Waals surface area contributed by atoms with Crippen LogP contribution in [0.1, 0.15) is 25.3 Å². The fourth-order valence-corrected chi connectivity index (χ4v) is 2.24. The first-order valence-corrected chi connectivity index (χ1v) is 6.13. The normalized spacial score (nSPS) is 21.5. The van der Waals surface area contributed by atoms with Crippen molar-refractivity contribution in [2.45, 2.75) is 25.8 Å². The number of nitriles is 1. The molecule has 1 aromatic heterocycles. The second kappa shape index (κ2) is 5.65. The van der Waals surface area contributed by atoms with Gasteiger partial charge >= 0.3 is 0 Å². The summed E-state index contributed by atoms with van der Waals surface area (Å²) in [4.78, 5) is 4.24. The van der Waals surface area contributed by atoms with Crippen LogP contribution in [0.15, 0.2) is 18.3 Å². The standard InChI is InChI=1S/C13H18N4/c1-10(12-3-2-5-15-9-12)17-13-7-11(8-14)4-6-16-13/h4,6-7,10,12,15H,2-3,5,9H2,1H3,(H,16,17). The van der Waals surface area contributed by atoms with Crippen LogP contribution >= 0.6 is 0 Å². The Morgan fingerprint density at radius 2 is 2.53 bits per heavy atom. The number of rotatable bonds is 3. The number of hydrogen-bond donors (Lipinski definition) is 2. The molecule has 90 valence electrons. The molecule has 0 aliphatic carbocycles. The predicted octanol–water partition coefficient (Wildman–Crippen LogP) is 1.75. The van der Waals surface area contributed by atoms with E-state index in [0.29, 0.717) is 17.5 Å². The maximum Gasteiger partial charge on any atom is 0.127 e. The third-order valence-electron chi connectivity index (χ3n) is 3.31. The van der Waals surface area contributed by atoms with Gasteiger partial charge in [-0.1, -0.05) is 0 Å². The summed E-state index contributed by atoms with van der Waals surface area (Å²) in [5.74, 6) is 1.43. The topological polar surface area (TPSA) is 60.7 Å². The van der Waals surface area contributed by atoms with E-state index in [1.54, 1.807) is 18.3 Å². The summed E-state index contributed by atoms with van der Waals surface area (Å²) in [6.07, 6.45) is 4.16. The van der Waals surface area contributed by atoms with Crippen molar-refractivity contribution >= 4 is 5.82 Å². The Hall–Kier alpha value is -1.60. The highest BCUT2D eigenvalue weighted by Gasteiger charge is 2.19. The fourth-order valence-electron chi connectivity index (χ4n) is 2.24. The molecule has 1 aromatic rings. The number of aromatic nitrogens is 1. The van der Waals surface area contributed by atoms with Gasteiger partial charge in [0.05, 0.1) is 11.6 Å². The van der Waals surface area contributed by atoms with E-state index in [2.05, 4.69) is 28.6 Å². The van der Waals surface area contributed by atoms with Crippen LogP contribution in [0.25, 0.3) is 0 Å². The molecule has 0 bridgehead atoms. The number of nitrogens with one attached hydrogen (secondary N) is 2. The molecule has 0 amide bonds. The molecule has 2 heterocycles. The van der Waals surface area contributed by atoms with Crippen molar-refractivity contribution in [3.63, 3.8) is 0 Å². The molecule has 2 unspecified atom stereocenters. The molecule has 2 atom stereocenters. The molecule has 4 nitrogen and oxygen atoms in total. The minimum absolute atomic E-state index is 0.379. The average Bonchev–Trinajstić information content (AvgIpc) is 2.40. The third-order valence-corrected chi connectivity index (χ3v) is 3.31. The molecule has 0 spiro atoms. The first-order valence-electron chi connectivity index (χ1n) is 6.13. The van der Waals surface area contributed by atoms with Gasteiger partial charge in [-0.3, -0.25) is 0 Å². The minimum atomic E-state index is 0.379. The van der Waals surface area contributed by atoms with E-state index >= 15 is 0 Å². The molecule has 2 N–H and O–H groups in total. The number of hydrogen-bond acceptors (Lipinski definition) is 4. The molecule has 1 saturated heterocycles.